The maximum atomic E-state index is 13.8. The molecule has 118 valence electrons. The molecule has 1 amide bonds. The van der Waals surface area contributed by atoms with Crippen molar-refractivity contribution in [2.24, 2.45) is 5.73 Å². The molecule has 21 heavy (non-hydrogen) atoms. The lowest BCUT2D eigenvalue weighted by Gasteiger charge is -2.15. The van der Waals surface area contributed by atoms with Crippen LogP contribution in [0, 0.1) is 5.82 Å². The first-order valence-electron chi connectivity index (χ1n) is 7.42. The molecule has 0 aliphatic heterocycles. The summed E-state index contributed by atoms with van der Waals surface area (Å²) in [6.45, 7) is 5.70. The SMILES string of the molecule is CCC(CC)NC(=O)COc1ccc(CC(C)N)cc1F. The number of carbonyl (C=O) groups is 1. The highest BCUT2D eigenvalue weighted by Crippen LogP contribution is 2.19. The summed E-state index contributed by atoms with van der Waals surface area (Å²) in [7, 11) is 0. The Morgan fingerprint density at radius 2 is 2.05 bits per heavy atom. The van der Waals surface area contributed by atoms with Crippen LogP contribution in [-0.4, -0.2) is 24.6 Å². The summed E-state index contributed by atoms with van der Waals surface area (Å²) < 4.78 is 19.1. The van der Waals surface area contributed by atoms with Gasteiger partial charge in [-0.25, -0.2) is 4.39 Å². The monoisotopic (exact) mass is 296 g/mol. The van der Waals surface area contributed by atoms with E-state index in [9.17, 15) is 9.18 Å². The zero-order chi connectivity index (χ0) is 15.8. The number of hydrogen-bond acceptors (Lipinski definition) is 3. The molecule has 0 saturated heterocycles. The fraction of sp³-hybridized carbons (Fsp3) is 0.562. The minimum atomic E-state index is -0.469. The van der Waals surface area contributed by atoms with E-state index in [1.807, 2.05) is 20.8 Å². The second kappa shape index (κ2) is 8.62. The molecule has 0 heterocycles. The van der Waals surface area contributed by atoms with E-state index >= 15 is 0 Å². The summed E-state index contributed by atoms with van der Waals surface area (Å²) in [6, 6.07) is 4.82. The van der Waals surface area contributed by atoms with Crippen LogP contribution in [0.25, 0.3) is 0 Å². The molecule has 1 aromatic rings. The highest BCUT2D eigenvalue weighted by atomic mass is 19.1. The first-order chi connectivity index (χ1) is 9.96. The zero-order valence-electron chi connectivity index (χ0n) is 13.0. The molecule has 4 nitrogen and oxygen atoms in total. The Bertz CT molecular complexity index is 460. The van der Waals surface area contributed by atoms with Gasteiger partial charge in [0.05, 0.1) is 0 Å². The average Bonchev–Trinajstić information content (AvgIpc) is 2.43. The highest BCUT2D eigenvalue weighted by Gasteiger charge is 2.11. The van der Waals surface area contributed by atoms with Gasteiger partial charge >= 0.3 is 0 Å². The van der Waals surface area contributed by atoms with Crippen LogP contribution in [0.5, 0.6) is 5.75 Å². The molecule has 0 saturated carbocycles. The Morgan fingerprint density at radius 1 is 1.38 bits per heavy atom. The number of nitrogens with one attached hydrogen (secondary N) is 1. The number of hydrogen-bond donors (Lipinski definition) is 2. The normalized spacial score (nSPS) is 12.3. The van der Waals surface area contributed by atoms with Crippen molar-refractivity contribution in [3.63, 3.8) is 0 Å². The number of nitrogens with two attached hydrogens (primary N) is 1. The van der Waals surface area contributed by atoms with Crippen molar-refractivity contribution in [1.29, 1.82) is 0 Å². The van der Waals surface area contributed by atoms with Gasteiger partial charge in [-0.2, -0.15) is 0 Å². The molecule has 1 atom stereocenters. The minimum Gasteiger partial charge on any atom is -0.481 e. The van der Waals surface area contributed by atoms with Gasteiger partial charge in [-0.1, -0.05) is 19.9 Å². The van der Waals surface area contributed by atoms with Gasteiger partial charge in [0.15, 0.2) is 18.2 Å². The largest absolute Gasteiger partial charge is 0.481 e. The number of benzene rings is 1. The third kappa shape index (κ3) is 6.12. The van der Waals surface area contributed by atoms with Crippen LogP contribution >= 0.6 is 0 Å². The van der Waals surface area contributed by atoms with Crippen LogP contribution in [0.3, 0.4) is 0 Å². The Hall–Kier alpha value is -1.62. The molecule has 0 aliphatic carbocycles. The summed E-state index contributed by atoms with van der Waals surface area (Å²) in [6.07, 6.45) is 2.33. The van der Waals surface area contributed by atoms with Crippen LogP contribution in [0.15, 0.2) is 18.2 Å². The van der Waals surface area contributed by atoms with Crippen molar-refractivity contribution in [2.75, 3.05) is 6.61 Å². The van der Waals surface area contributed by atoms with E-state index < -0.39 is 5.82 Å². The van der Waals surface area contributed by atoms with Crippen molar-refractivity contribution in [3.05, 3.63) is 29.6 Å². The Kier molecular flexibility index (Phi) is 7.15. The number of carbonyl (C=O) groups excluding carboxylic acids is 1. The van der Waals surface area contributed by atoms with E-state index in [1.54, 1.807) is 6.07 Å². The number of ether oxygens (including phenoxy) is 1. The van der Waals surface area contributed by atoms with Crippen LogP contribution in [0.1, 0.15) is 39.2 Å². The highest BCUT2D eigenvalue weighted by molar-refractivity contribution is 5.77. The van der Waals surface area contributed by atoms with Crippen molar-refractivity contribution >= 4 is 5.91 Å². The topological polar surface area (TPSA) is 64.3 Å². The lowest BCUT2D eigenvalue weighted by atomic mass is 10.1. The quantitative estimate of drug-likeness (QED) is 0.774. The van der Waals surface area contributed by atoms with Crippen LogP contribution < -0.4 is 15.8 Å². The smallest absolute Gasteiger partial charge is 0.258 e. The van der Waals surface area contributed by atoms with E-state index in [0.29, 0.717) is 6.42 Å². The molecule has 0 bridgehead atoms. The summed E-state index contributed by atoms with van der Waals surface area (Å²) >= 11 is 0. The second-order valence-electron chi connectivity index (χ2n) is 5.32. The van der Waals surface area contributed by atoms with E-state index in [-0.39, 0.29) is 30.3 Å². The van der Waals surface area contributed by atoms with Gasteiger partial charge in [-0.05, 0) is 43.9 Å². The number of amides is 1. The Morgan fingerprint density at radius 3 is 2.57 bits per heavy atom. The predicted octanol–water partition coefficient (Wildman–Crippen LogP) is 2.40. The molecule has 0 aromatic heterocycles. The molecular weight excluding hydrogens is 271 g/mol. The standard InChI is InChI=1S/C16H25FN2O2/c1-4-13(5-2)19-16(20)10-21-15-7-6-12(8-11(3)18)9-14(15)17/h6-7,9,11,13H,4-5,8,10,18H2,1-3H3,(H,19,20). The number of rotatable bonds is 8. The first kappa shape index (κ1) is 17.4. The van der Waals surface area contributed by atoms with E-state index in [4.69, 9.17) is 10.5 Å². The van der Waals surface area contributed by atoms with Gasteiger partial charge in [0, 0.05) is 12.1 Å². The summed E-state index contributed by atoms with van der Waals surface area (Å²) in [5, 5.41) is 2.84. The first-order valence-corrected chi connectivity index (χ1v) is 7.42. The fourth-order valence-electron chi connectivity index (χ4n) is 2.07. The Labute approximate surface area is 125 Å². The van der Waals surface area contributed by atoms with Crippen LogP contribution in [-0.2, 0) is 11.2 Å². The summed E-state index contributed by atoms with van der Waals surface area (Å²) in [5.41, 5.74) is 6.49. The molecule has 5 heteroatoms. The molecule has 1 rings (SSSR count). The molecule has 0 fully saturated rings. The third-order valence-electron chi connectivity index (χ3n) is 3.26. The van der Waals surface area contributed by atoms with E-state index in [1.165, 1.54) is 12.1 Å². The van der Waals surface area contributed by atoms with Gasteiger partial charge in [-0.3, -0.25) is 4.79 Å². The summed E-state index contributed by atoms with van der Waals surface area (Å²) in [5.74, 6) is -0.616. The van der Waals surface area contributed by atoms with Crippen LogP contribution in [0.2, 0.25) is 0 Å². The predicted molar refractivity (Wildman–Crippen MR) is 81.8 cm³/mol. The Balaban J connectivity index is 2.53. The van der Waals surface area contributed by atoms with Gasteiger partial charge in [-0.15, -0.1) is 0 Å². The van der Waals surface area contributed by atoms with E-state index in [0.717, 1.165) is 18.4 Å². The maximum absolute atomic E-state index is 13.8. The van der Waals surface area contributed by atoms with Crippen molar-refractivity contribution in [2.45, 2.75) is 52.1 Å². The van der Waals surface area contributed by atoms with Crippen molar-refractivity contribution in [1.82, 2.24) is 5.32 Å². The molecule has 1 aromatic carbocycles. The molecule has 0 aliphatic rings. The van der Waals surface area contributed by atoms with Gasteiger partial charge < -0.3 is 15.8 Å². The summed E-state index contributed by atoms with van der Waals surface area (Å²) in [4.78, 5) is 11.7. The molecule has 0 spiro atoms. The van der Waals surface area contributed by atoms with Crippen molar-refractivity contribution in [3.8, 4) is 5.75 Å². The number of halogens is 1. The van der Waals surface area contributed by atoms with Gasteiger partial charge in [0.25, 0.3) is 5.91 Å². The van der Waals surface area contributed by atoms with Crippen molar-refractivity contribution < 1.29 is 13.9 Å². The minimum absolute atomic E-state index is 0.0260. The average molecular weight is 296 g/mol. The molecule has 1 unspecified atom stereocenters. The molecule has 3 N–H and O–H groups in total. The van der Waals surface area contributed by atoms with Gasteiger partial charge in [0.1, 0.15) is 0 Å². The molecular formula is C16H25FN2O2. The fourth-order valence-corrected chi connectivity index (χ4v) is 2.07. The van der Waals surface area contributed by atoms with Crippen LogP contribution in [0.4, 0.5) is 4.39 Å². The molecule has 0 radical (unpaired) electrons. The lowest BCUT2D eigenvalue weighted by molar-refractivity contribution is -0.123. The third-order valence-corrected chi connectivity index (χ3v) is 3.26. The zero-order valence-corrected chi connectivity index (χ0v) is 13.0. The van der Waals surface area contributed by atoms with E-state index in [2.05, 4.69) is 5.32 Å². The van der Waals surface area contributed by atoms with Gasteiger partial charge in [0.2, 0.25) is 0 Å². The maximum Gasteiger partial charge on any atom is 0.258 e. The second-order valence-corrected chi connectivity index (χ2v) is 5.32. The lowest BCUT2D eigenvalue weighted by Crippen LogP contribution is -2.37.